The van der Waals surface area contributed by atoms with Gasteiger partial charge in [-0.3, -0.25) is 0 Å². The van der Waals surface area contributed by atoms with Crippen molar-refractivity contribution in [1.82, 2.24) is 0 Å². The topological polar surface area (TPSA) is 13.1 Å². The van der Waals surface area contributed by atoms with Gasteiger partial charge in [0.2, 0.25) is 4.02 Å². The highest BCUT2D eigenvalue weighted by Gasteiger charge is 1.71. The van der Waals surface area contributed by atoms with Gasteiger partial charge < -0.3 is 4.42 Å². The van der Waals surface area contributed by atoms with Gasteiger partial charge in [-0.15, -0.1) is 0 Å². The molecule has 0 aliphatic heterocycles. The Labute approximate surface area is 44.2 Å². The van der Waals surface area contributed by atoms with E-state index in [9.17, 15) is 0 Å². The number of hydrogen-bond donors (Lipinski definition) is 0. The molecule has 1 aromatic rings. The molecular formula is C3H2OS2. The van der Waals surface area contributed by atoms with Crippen LogP contribution in [0, 0.1) is 4.02 Å². The summed E-state index contributed by atoms with van der Waals surface area (Å²) in [5.74, 6) is 0. The van der Waals surface area contributed by atoms with E-state index in [0.29, 0.717) is 4.02 Å². The van der Waals surface area contributed by atoms with Crippen LogP contribution in [0.5, 0.6) is 0 Å². The molecule has 32 valence electrons. The Balaban J connectivity index is 3.41. The monoisotopic (exact) mass is 118 g/mol. The molecule has 0 aliphatic rings. The fourth-order valence-corrected chi connectivity index (χ4v) is 0.750. The van der Waals surface area contributed by atoms with Gasteiger partial charge >= 0.3 is 0 Å². The van der Waals surface area contributed by atoms with E-state index in [4.69, 9.17) is 0 Å². The average Bonchev–Trinajstić information content (AvgIpc) is 1.86. The van der Waals surface area contributed by atoms with E-state index >= 15 is 0 Å². The van der Waals surface area contributed by atoms with Crippen LogP contribution in [0.3, 0.4) is 0 Å². The van der Waals surface area contributed by atoms with E-state index in [0.717, 1.165) is 0 Å². The first kappa shape index (κ1) is 4.02. The second kappa shape index (κ2) is 1.53. The minimum Gasteiger partial charge on any atom is -0.444 e. The maximum atomic E-state index is 4.67. The summed E-state index contributed by atoms with van der Waals surface area (Å²) in [4.78, 5) is 0. The lowest BCUT2D eigenvalue weighted by Gasteiger charge is -1.53. The summed E-state index contributed by atoms with van der Waals surface area (Å²) in [6, 6.07) is 0. The van der Waals surface area contributed by atoms with Crippen molar-refractivity contribution < 1.29 is 4.42 Å². The van der Waals surface area contributed by atoms with Gasteiger partial charge in [0.05, 0.1) is 0 Å². The lowest BCUT2D eigenvalue weighted by atomic mass is 11.1. The first-order chi connectivity index (χ1) is 2.89. The van der Waals surface area contributed by atoms with E-state index in [1.165, 1.54) is 11.3 Å². The molecule has 1 aromatic heterocycles. The highest BCUT2D eigenvalue weighted by atomic mass is 32.1. The molecule has 0 atom stereocenters. The minimum absolute atomic E-state index is 0.593. The van der Waals surface area contributed by atoms with Gasteiger partial charge in [0.15, 0.2) is 0 Å². The standard InChI is InChI=1S/C3H2OS2/c5-3-4-1-2-6-3/h1-2H. The van der Waals surface area contributed by atoms with Crippen LogP contribution < -0.4 is 0 Å². The molecule has 0 fully saturated rings. The molecule has 0 bridgehead atoms. The summed E-state index contributed by atoms with van der Waals surface area (Å²) in [7, 11) is 0. The molecule has 0 aliphatic carbocycles. The van der Waals surface area contributed by atoms with E-state index < -0.39 is 0 Å². The minimum atomic E-state index is 0.593. The highest BCUT2D eigenvalue weighted by molar-refractivity contribution is 7.73. The van der Waals surface area contributed by atoms with Gasteiger partial charge in [0.25, 0.3) is 0 Å². The zero-order valence-electron chi connectivity index (χ0n) is 2.88. The van der Waals surface area contributed by atoms with Crippen LogP contribution in [0.2, 0.25) is 0 Å². The Morgan fingerprint density at radius 3 is 2.83 bits per heavy atom. The molecule has 0 saturated carbocycles. The third-order valence-electron chi connectivity index (χ3n) is 0.384. The van der Waals surface area contributed by atoms with Crippen LogP contribution in [0.15, 0.2) is 16.1 Å². The zero-order valence-corrected chi connectivity index (χ0v) is 4.51. The van der Waals surface area contributed by atoms with Crippen molar-refractivity contribution in [3.05, 3.63) is 15.7 Å². The lowest BCUT2D eigenvalue weighted by molar-refractivity contribution is 0.558. The van der Waals surface area contributed by atoms with Crippen LogP contribution >= 0.6 is 23.6 Å². The second-order valence-corrected chi connectivity index (χ2v) is 2.27. The third kappa shape index (κ3) is 0.666. The number of hydrogen-bond acceptors (Lipinski definition) is 3. The molecule has 1 rings (SSSR count). The van der Waals surface area contributed by atoms with Gasteiger partial charge in [-0.2, -0.15) is 0 Å². The van der Waals surface area contributed by atoms with Crippen molar-refractivity contribution in [2.45, 2.75) is 0 Å². The molecule has 6 heavy (non-hydrogen) atoms. The van der Waals surface area contributed by atoms with Crippen LogP contribution in [-0.4, -0.2) is 0 Å². The van der Waals surface area contributed by atoms with Crippen LogP contribution in [-0.2, 0) is 0 Å². The smallest absolute Gasteiger partial charge is 0.246 e. The Morgan fingerprint density at radius 2 is 2.67 bits per heavy atom. The van der Waals surface area contributed by atoms with Gasteiger partial charge in [-0.05, 0) is 12.2 Å². The largest absolute Gasteiger partial charge is 0.444 e. The van der Waals surface area contributed by atoms with E-state index in [-0.39, 0.29) is 0 Å². The number of rotatable bonds is 0. The van der Waals surface area contributed by atoms with E-state index in [2.05, 4.69) is 16.6 Å². The maximum absolute atomic E-state index is 4.67. The second-order valence-electron chi connectivity index (χ2n) is 0.758. The van der Waals surface area contributed by atoms with Gasteiger partial charge in [-0.1, -0.05) is 11.3 Å². The van der Waals surface area contributed by atoms with Crippen molar-refractivity contribution in [1.29, 1.82) is 0 Å². The summed E-state index contributed by atoms with van der Waals surface area (Å²) in [5, 5.41) is 1.81. The SMILES string of the molecule is S=c1occs1. The summed E-state index contributed by atoms with van der Waals surface area (Å²) in [5.41, 5.74) is 0. The van der Waals surface area contributed by atoms with Crippen molar-refractivity contribution in [3.63, 3.8) is 0 Å². The van der Waals surface area contributed by atoms with Crippen molar-refractivity contribution >= 4 is 23.6 Å². The third-order valence-corrected chi connectivity index (χ3v) is 1.30. The first-order valence-corrected chi connectivity index (χ1v) is 2.71. The first-order valence-electron chi connectivity index (χ1n) is 1.42. The Bertz CT molecular complexity index is 147. The van der Waals surface area contributed by atoms with E-state index in [1.807, 2.05) is 5.38 Å². The molecule has 1 heterocycles. The molecule has 0 spiro atoms. The van der Waals surface area contributed by atoms with Crippen molar-refractivity contribution in [2.24, 2.45) is 0 Å². The highest BCUT2D eigenvalue weighted by Crippen LogP contribution is 1.98. The molecular weight excluding hydrogens is 116 g/mol. The Hall–Kier alpha value is -0.150. The normalized spacial score (nSPS) is 8.67. The molecule has 0 unspecified atom stereocenters. The van der Waals surface area contributed by atoms with Crippen molar-refractivity contribution in [2.75, 3.05) is 0 Å². The Kier molecular flexibility index (Phi) is 1.03. The van der Waals surface area contributed by atoms with Gasteiger partial charge in [0, 0.05) is 5.38 Å². The summed E-state index contributed by atoms with van der Waals surface area (Å²) in [6.07, 6.45) is 1.58. The van der Waals surface area contributed by atoms with Gasteiger partial charge in [-0.25, -0.2) is 0 Å². The molecule has 3 heteroatoms. The fourth-order valence-electron chi connectivity index (χ4n) is 0.194. The quantitative estimate of drug-likeness (QED) is 0.484. The molecule has 0 amide bonds. The van der Waals surface area contributed by atoms with Crippen molar-refractivity contribution in [3.8, 4) is 0 Å². The van der Waals surface area contributed by atoms with Crippen LogP contribution in [0.1, 0.15) is 0 Å². The Morgan fingerprint density at radius 1 is 1.83 bits per heavy atom. The molecule has 0 saturated heterocycles. The fraction of sp³-hybridized carbons (Fsp3) is 0. The average molecular weight is 118 g/mol. The maximum Gasteiger partial charge on any atom is 0.246 e. The predicted octanol–water partition coefficient (Wildman–Crippen LogP) is 2.07. The zero-order chi connectivity index (χ0) is 4.41. The summed E-state index contributed by atoms with van der Waals surface area (Å²) >= 11 is 6.02. The molecule has 0 N–H and O–H groups in total. The lowest BCUT2D eigenvalue weighted by Crippen LogP contribution is -1.25. The van der Waals surface area contributed by atoms with Crippen LogP contribution in [0.25, 0.3) is 0 Å². The molecule has 1 nitrogen and oxygen atoms in total. The summed E-state index contributed by atoms with van der Waals surface area (Å²) in [6.45, 7) is 0. The molecule has 0 aromatic carbocycles. The summed E-state index contributed by atoms with van der Waals surface area (Å²) < 4.78 is 5.26. The molecule has 0 radical (unpaired) electrons. The van der Waals surface area contributed by atoms with E-state index in [1.54, 1.807) is 6.26 Å². The predicted molar refractivity (Wildman–Crippen MR) is 27.4 cm³/mol. The van der Waals surface area contributed by atoms with Crippen LogP contribution in [0.4, 0.5) is 0 Å². The van der Waals surface area contributed by atoms with Gasteiger partial charge in [0.1, 0.15) is 6.26 Å².